The number of rotatable bonds is 6. The van der Waals surface area contributed by atoms with Crippen LogP contribution in [0.2, 0.25) is 0 Å². The highest BCUT2D eigenvalue weighted by atomic mass is 32.2. The van der Waals surface area contributed by atoms with E-state index in [9.17, 15) is 4.79 Å². The Hall–Kier alpha value is -3.84. The average molecular weight is 457 g/mol. The molecule has 3 aromatic rings. The number of thioether (sulfide) groups is 1. The summed E-state index contributed by atoms with van der Waals surface area (Å²) in [7, 11) is 0. The number of nitrogens with two attached hydrogens (primary N) is 1. The van der Waals surface area contributed by atoms with Crippen molar-refractivity contribution in [2.45, 2.75) is 13.8 Å². The first-order chi connectivity index (χ1) is 16.0. The first kappa shape index (κ1) is 22.4. The second-order valence-electron chi connectivity index (χ2n) is 7.28. The Morgan fingerprint density at radius 3 is 2.45 bits per heavy atom. The van der Waals surface area contributed by atoms with E-state index in [-0.39, 0.29) is 11.7 Å². The number of hydrogen-bond donors (Lipinski definition) is 1. The highest BCUT2D eigenvalue weighted by molar-refractivity contribution is 8.19. The van der Waals surface area contributed by atoms with Crippen LogP contribution in [0.1, 0.15) is 18.1 Å². The minimum atomic E-state index is -0.450. The number of hydrazone groups is 1. The molecule has 33 heavy (non-hydrogen) atoms. The quantitative estimate of drug-likeness (QED) is 0.294. The third kappa shape index (κ3) is 5.32. The summed E-state index contributed by atoms with van der Waals surface area (Å²) in [5.74, 6) is -0.450. The molecule has 0 aromatic heterocycles. The van der Waals surface area contributed by atoms with Crippen LogP contribution in [-0.4, -0.2) is 23.3 Å². The van der Waals surface area contributed by atoms with Gasteiger partial charge in [-0.3, -0.25) is 0 Å². The molecule has 4 rings (SSSR count). The van der Waals surface area contributed by atoms with E-state index in [1.165, 1.54) is 11.8 Å². The monoisotopic (exact) mass is 456 g/mol. The standard InChI is InChI=1S/C26H24N4O2S/c1-3-32-26(31)25-29-30(20-15-13-18(2)14-16-20)24(33-25)17-23(19-9-5-4-6-10-19)28-22-12-8-7-11-21(22)27/h4-17H,3,27H2,1-2H3/b24-17+,28-23?. The largest absolute Gasteiger partial charge is 0.461 e. The van der Waals surface area contributed by atoms with E-state index in [2.05, 4.69) is 5.10 Å². The third-order valence-electron chi connectivity index (χ3n) is 4.84. The number of allylic oxidation sites excluding steroid dienone is 1. The summed E-state index contributed by atoms with van der Waals surface area (Å²) in [6.07, 6.45) is 1.92. The summed E-state index contributed by atoms with van der Waals surface area (Å²) in [4.78, 5) is 17.3. The van der Waals surface area contributed by atoms with Crippen LogP contribution in [-0.2, 0) is 9.53 Å². The average Bonchev–Trinajstić information content (AvgIpc) is 3.25. The number of carbonyl (C=O) groups excluding carboxylic acids is 1. The van der Waals surface area contributed by atoms with Gasteiger partial charge in [-0.2, -0.15) is 5.10 Å². The first-order valence-corrected chi connectivity index (χ1v) is 11.4. The number of esters is 1. The van der Waals surface area contributed by atoms with Gasteiger partial charge in [0.15, 0.2) is 0 Å². The van der Waals surface area contributed by atoms with Gasteiger partial charge in [-0.25, -0.2) is 14.8 Å². The number of nitrogen functional groups attached to an aromatic ring is 1. The molecule has 0 bridgehead atoms. The molecule has 0 amide bonds. The lowest BCUT2D eigenvalue weighted by atomic mass is 10.1. The number of ether oxygens (including phenoxy) is 1. The molecule has 0 unspecified atom stereocenters. The molecular weight excluding hydrogens is 432 g/mol. The van der Waals surface area contributed by atoms with Gasteiger partial charge < -0.3 is 10.5 Å². The highest BCUT2D eigenvalue weighted by Gasteiger charge is 2.29. The molecule has 3 aromatic carbocycles. The van der Waals surface area contributed by atoms with Crippen molar-refractivity contribution >= 4 is 45.5 Å². The Kier molecular flexibility index (Phi) is 6.90. The number of para-hydroxylation sites is 2. The summed E-state index contributed by atoms with van der Waals surface area (Å²) in [5, 5.41) is 7.30. The van der Waals surface area contributed by atoms with Crippen molar-refractivity contribution in [2.75, 3.05) is 17.3 Å². The fourth-order valence-corrected chi connectivity index (χ4v) is 4.03. The molecule has 0 saturated heterocycles. The van der Waals surface area contributed by atoms with E-state index in [0.717, 1.165) is 21.8 Å². The number of carbonyl (C=O) groups is 1. The van der Waals surface area contributed by atoms with E-state index < -0.39 is 5.97 Å². The van der Waals surface area contributed by atoms with Crippen LogP contribution in [0.3, 0.4) is 0 Å². The van der Waals surface area contributed by atoms with Crippen LogP contribution in [0.5, 0.6) is 0 Å². The highest BCUT2D eigenvalue weighted by Crippen LogP contribution is 2.36. The van der Waals surface area contributed by atoms with Crippen LogP contribution in [0.15, 0.2) is 100 Å². The minimum Gasteiger partial charge on any atom is -0.461 e. The van der Waals surface area contributed by atoms with Gasteiger partial charge in [0.05, 0.1) is 29.4 Å². The second kappa shape index (κ2) is 10.2. The van der Waals surface area contributed by atoms with Gasteiger partial charge in [-0.1, -0.05) is 60.2 Å². The SMILES string of the molecule is CCOC(=O)C1=NN(c2ccc(C)cc2)/C(=C\C(=Nc2ccccc2N)c2ccccc2)S1. The Morgan fingerprint density at radius 2 is 1.76 bits per heavy atom. The molecule has 6 nitrogen and oxygen atoms in total. The Balaban J connectivity index is 1.81. The van der Waals surface area contributed by atoms with Crippen molar-refractivity contribution in [1.82, 2.24) is 0 Å². The van der Waals surface area contributed by atoms with Crippen molar-refractivity contribution in [3.05, 3.63) is 101 Å². The minimum absolute atomic E-state index is 0.273. The van der Waals surface area contributed by atoms with Crippen molar-refractivity contribution in [2.24, 2.45) is 10.1 Å². The molecule has 1 aliphatic heterocycles. The second-order valence-corrected chi connectivity index (χ2v) is 8.29. The number of anilines is 2. The normalized spacial score (nSPS) is 15.0. The molecule has 1 heterocycles. The lowest BCUT2D eigenvalue weighted by molar-refractivity contribution is -0.134. The van der Waals surface area contributed by atoms with Gasteiger partial charge in [0.1, 0.15) is 5.03 Å². The van der Waals surface area contributed by atoms with E-state index in [1.807, 2.05) is 91.9 Å². The van der Waals surface area contributed by atoms with Gasteiger partial charge in [0.2, 0.25) is 5.04 Å². The first-order valence-electron chi connectivity index (χ1n) is 10.6. The smallest absolute Gasteiger partial charge is 0.365 e. The third-order valence-corrected chi connectivity index (χ3v) is 5.78. The van der Waals surface area contributed by atoms with Crippen LogP contribution in [0.4, 0.5) is 17.1 Å². The van der Waals surface area contributed by atoms with Crippen LogP contribution >= 0.6 is 11.8 Å². The van der Waals surface area contributed by atoms with Crippen molar-refractivity contribution < 1.29 is 9.53 Å². The van der Waals surface area contributed by atoms with Crippen molar-refractivity contribution in [3.8, 4) is 0 Å². The van der Waals surface area contributed by atoms with Crippen LogP contribution in [0, 0.1) is 6.92 Å². The molecule has 2 N–H and O–H groups in total. The number of aliphatic imine (C=N–C) groups is 1. The maximum absolute atomic E-state index is 12.4. The van der Waals surface area contributed by atoms with Crippen molar-refractivity contribution in [1.29, 1.82) is 0 Å². The fraction of sp³-hybridized carbons (Fsp3) is 0.115. The number of benzene rings is 3. The zero-order valence-electron chi connectivity index (χ0n) is 18.4. The van der Waals surface area contributed by atoms with E-state index >= 15 is 0 Å². The van der Waals surface area contributed by atoms with Gasteiger partial charge >= 0.3 is 5.97 Å². The van der Waals surface area contributed by atoms with Gasteiger partial charge in [-0.15, -0.1) is 0 Å². The Morgan fingerprint density at radius 1 is 1.06 bits per heavy atom. The molecule has 0 atom stereocenters. The lowest BCUT2D eigenvalue weighted by Crippen LogP contribution is -2.13. The summed E-state index contributed by atoms with van der Waals surface area (Å²) < 4.78 is 5.19. The molecule has 0 fully saturated rings. The van der Waals surface area contributed by atoms with Gasteiger partial charge in [0.25, 0.3) is 0 Å². The number of nitrogens with zero attached hydrogens (tertiary/aromatic N) is 3. The van der Waals surface area contributed by atoms with E-state index in [4.69, 9.17) is 15.5 Å². The Bertz CT molecular complexity index is 1230. The van der Waals surface area contributed by atoms with Gasteiger partial charge in [0, 0.05) is 5.56 Å². The number of aryl methyl sites for hydroxylation is 1. The molecule has 0 spiro atoms. The fourth-order valence-electron chi connectivity index (χ4n) is 3.16. The Labute approximate surface area is 197 Å². The van der Waals surface area contributed by atoms with Crippen LogP contribution < -0.4 is 10.7 Å². The molecule has 1 aliphatic rings. The summed E-state index contributed by atoms with van der Waals surface area (Å²) in [5.41, 5.74) is 11.0. The summed E-state index contributed by atoms with van der Waals surface area (Å²) in [6.45, 7) is 4.08. The zero-order valence-corrected chi connectivity index (χ0v) is 19.3. The molecule has 0 radical (unpaired) electrons. The van der Waals surface area contributed by atoms with Crippen LogP contribution in [0.25, 0.3) is 0 Å². The predicted molar refractivity (Wildman–Crippen MR) is 137 cm³/mol. The van der Waals surface area contributed by atoms with E-state index in [1.54, 1.807) is 11.9 Å². The molecule has 166 valence electrons. The molecule has 7 heteroatoms. The van der Waals surface area contributed by atoms with E-state index in [0.29, 0.717) is 17.1 Å². The maximum atomic E-state index is 12.4. The summed E-state index contributed by atoms with van der Waals surface area (Å²) in [6, 6.07) is 25.2. The summed E-state index contributed by atoms with van der Waals surface area (Å²) >= 11 is 1.25. The predicted octanol–water partition coefficient (Wildman–Crippen LogP) is 5.67. The maximum Gasteiger partial charge on any atom is 0.365 e. The number of hydrogen-bond acceptors (Lipinski definition) is 7. The molecule has 0 aliphatic carbocycles. The molecular formula is C26H24N4O2S. The topological polar surface area (TPSA) is 80.3 Å². The van der Waals surface area contributed by atoms with Crippen molar-refractivity contribution in [3.63, 3.8) is 0 Å². The molecule has 0 saturated carbocycles. The lowest BCUT2D eigenvalue weighted by Gasteiger charge is -2.16. The van der Waals surface area contributed by atoms with Gasteiger partial charge in [-0.05, 0) is 56.0 Å². The zero-order chi connectivity index (χ0) is 23.2.